The number of rotatable bonds is 2. The summed E-state index contributed by atoms with van der Waals surface area (Å²) >= 11 is 0. The van der Waals surface area contributed by atoms with Gasteiger partial charge in [0.15, 0.2) is 0 Å². The molecule has 0 amide bonds. The van der Waals surface area contributed by atoms with Crippen molar-refractivity contribution in [3.8, 4) is 67.3 Å². The van der Waals surface area contributed by atoms with Crippen LogP contribution in [0.1, 0.15) is 52.7 Å². The number of aromatic nitrogens is 3. The molecule has 0 radical (unpaired) electrons. The first-order chi connectivity index (χ1) is 24.5. The quantitative estimate of drug-likeness (QED) is 0.201. The third-order valence-electron chi connectivity index (χ3n) is 10.4. The molecule has 0 aliphatic carbocycles. The lowest BCUT2D eigenvalue weighted by Gasteiger charge is -2.22. The highest BCUT2D eigenvalue weighted by molar-refractivity contribution is 6.16. The van der Waals surface area contributed by atoms with Gasteiger partial charge in [0.05, 0.1) is 33.8 Å². The first-order valence-corrected chi connectivity index (χ1v) is 17.9. The molecule has 9 rings (SSSR count). The Bertz CT molecular complexity index is 2630. The Balaban J connectivity index is 1.48. The molecule has 3 heteroatoms. The average Bonchev–Trinajstić information content (AvgIpc) is 3.52. The molecule has 0 saturated carbocycles. The summed E-state index contributed by atoms with van der Waals surface area (Å²) < 4.78 is 0. The Morgan fingerprint density at radius 1 is 0.373 bits per heavy atom. The van der Waals surface area contributed by atoms with E-state index in [-0.39, 0.29) is 10.8 Å². The largest absolute Gasteiger partial charge is 0.353 e. The van der Waals surface area contributed by atoms with E-state index in [0.29, 0.717) is 0 Å². The molecule has 3 aromatic heterocycles. The molecule has 1 N–H and O–H groups in total. The number of nitrogens with one attached hydrogen (secondary N) is 1. The molecular formula is C48H41N3. The highest BCUT2D eigenvalue weighted by atomic mass is 14.8. The number of pyridine rings is 2. The van der Waals surface area contributed by atoms with Gasteiger partial charge in [-0.1, -0.05) is 108 Å². The molecule has 51 heavy (non-hydrogen) atoms. The van der Waals surface area contributed by atoms with Gasteiger partial charge in [-0.25, -0.2) is 9.97 Å². The summed E-state index contributed by atoms with van der Waals surface area (Å²) in [6.45, 7) is 13.8. The van der Waals surface area contributed by atoms with Gasteiger partial charge in [0.1, 0.15) is 0 Å². The van der Waals surface area contributed by atoms with Crippen LogP contribution in [0, 0.1) is 0 Å². The molecule has 0 unspecified atom stereocenters. The lowest BCUT2D eigenvalue weighted by atomic mass is 9.83. The van der Waals surface area contributed by atoms with Gasteiger partial charge >= 0.3 is 0 Å². The van der Waals surface area contributed by atoms with Gasteiger partial charge in [0.25, 0.3) is 0 Å². The minimum absolute atomic E-state index is 0.0586. The zero-order valence-electron chi connectivity index (χ0n) is 30.1. The van der Waals surface area contributed by atoms with Crippen LogP contribution in [0.25, 0.3) is 89.1 Å². The maximum Gasteiger partial charge on any atom is 0.0736 e. The molecule has 1 aliphatic heterocycles. The maximum absolute atomic E-state index is 5.54. The molecule has 0 spiro atoms. The summed E-state index contributed by atoms with van der Waals surface area (Å²) in [5, 5.41) is 2.43. The predicted molar refractivity (Wildman–Crippen MR) is 215 cm³/mol. The summed E-state index contributed by atoms with van der Waals surface area (Å²) in [5.74, 6) is 0. The molecule has 0 saturated heterocycles. The van der Waals surface area contributed by atoms with Crippen molar-refractivity contribution < 1.29 is 0 Å². The van der Waals surface area contributed by atoms with Crippen LogP contribution in [0.4, 0.5) is 0 Å². The summed E-state index contributed by atoms with van der Waals surface area (Å²) in [6.07, 6.45) is 0. The predicted octanol–water partition coefficient (Wildman–Crippen LogP) is 13.0. The molecule has 5 aromatic carbocycles. The zero-order valence-corrected chi connectivity index (χ0v) is 30.1. The molecule has 0 atom stereocenters. The Labute approximate surface area is 300 Å². The van der Waals surface area contributed by atoms with E-state index in [1.807, 2.05) is 0 Å². The number of hydrogen-bond acceptors (Lipinski definition) is 2. The van der Waals surface area contributed by atoms with Gasteiger partial charge in [0.2, 0.25) is 0 Å². The molecule has 0 fully saturated rings. The highest BCUT2D eigenvalue weighted by Crippen LogP contribution is 2.44. The molecule has 8 bridgehead atoms. The minimum atomic E-state index is -0.0748. The van der Waals surface area contributed by atoms with E-state index in [1.54, 1.807) is 0 Å². The van der Waals surface area contributed by atoms with E-state index in [9.17, 15) is 0 Å². The van der Waals surface area contributed by atoms with Crippen molar-refractivity contribution in [1.29, 1.82) is 0 Å². The third kappa shape index (κ3) is 5.45. The minimum Gasteiger partial charge on any atom is -0.353 e. The number of hydrogen-bond donors (Lipinski definition) is 1. The van der Waals surface area contributed by atoms with Gasteiger partial charge in [-0.3, -0.25) is 0 Å². The molecule has 1 aliphatic rings. The molecule has 8 aromatic rings. The number of nitrogens with zero attached hydrogens (tertiary/aromatic N) is 2. The number of benzene rings is 5. The first-order valence-electron chi connectivity index (χ1n) is 17.9. The zero-order chi connectivity index (χ0) is 35.1. The number of fused-ring (bicyclic) bond motifs is 11. The first kappa shape index (κ1) is 31.2. The van der Waals surface area contributed by atoms with Crippen molar-refractivity contribution in [3.63, 3.8) is 0 Å². The van der Waals surface area contributed by atoms with Crippen LogP contribution in [-0.2, 0) is 10.8 Å². The fourth-order valence-corrected chi connectivity index (χ4v) is 7.45. The van der Waals surface area contributed by atoms with Crippen LogP contribution < -0.4 is 0 Å². The fraction of sp³-hybridized carbons (Fsp3) is 0.167. The SMILES string of the molecule is CC(C)(C)c1cc2c3[nH]c4c(cc(C(C)(C)C)cc4c3c1)-c1cc(-c3ccccc3)cc(n1)-c1cc(-c3ccccc3)cc(c1)-c1cccc-2n1. The summed E-state index contributed by atoms with van der Waals surface area (Å²) in [5.41, 5.74) is 17.3. The van der Waals surface area contributed by atoms with Crippen molar-refractivity contribution in [2.45, 2.75) is 52.4 Å². The molecule has 248 valence electrons. The number of H-pyrrole nitrogens is 1. The van der Waals surface area contributed by atoms with Crippen LogP contribution in [0.15, 0.2) is 133 Å². The Hall–Kier alpha value is -5.80. The van der Waals surface area contributed by atoms with Gasteiger partial charge in [-0.05, 0) is 111 Å². The summed E-state index contributed by atoms with van der Waals surface area (Å²) in [4.78, 5) is 14.9. The monoisotopic (exact) mass is 659 g/mol. The second-order valence-electron chi connectivity index (χ2n) is 16.1. The second kappa shape index (κ2) is 11.4. The molecule has 3 nitrogen and oxygen atoms in total. The Kier molecular flexibility index (Phi) is 6.95. The van der Waals surface area contributed by atoms with E-state index in [4.69, 9.17) is 9.97 Å². The highest BCUT2D eigenvalue weighted by Gasteiger charge is 2.25. The van der Waals surface area contributed by atoms with Crippen LogP contribution in [0.3, 0.4) is 0 Å². The van der Waals surface area contributed by atoms with E-state index >= 15 is 0 Å². The maximum atomic E-state index is 5.54. The van der Waals surface area contributed by atoms with E-state index in [1.165, 1.54) is 21.9 Å². The van der Waals surface area contributed by atoms with Crippen LogP contribution in [0.2, 0.25) is 0 Å². The van der Waals surface area contributed by atoms with Gasteiger partial charge in [-0.2, -0.15) is 0 Å². The average molecular weight is 660 g/mol. The smallest absolute Gasteiger partial charge is 0.0736 e. The van der Waals surface area contributed by atoms with E-state index < -0.39 is 0 Å². The van der Waals surface area contributed by atoms with Crippen molar-refractivity contribution in [2.75, 3.05) is 0 Å². The van der Waals surface area contributed by atoms with Crippen LogP contribution >= 0.6 is 0 Å². The fourth-order valence-electron chi connectivity index (χ4n) is 7.45. The Morgan fingerprint density at radius 3 is 1.39 bits per heavy atom. The summed E-state index contributed by atoms with van der Waals surface area (Å²) in [6, 6.07) is 48.5. The van der Waals surface area contributed by atoms with E-state index in [0.717, 1.165) is 78.3 Å². The van der Waals surface area contributed by atoms with Crippen molar-refractivity contribution >= 4 is 21.8 Å². The standard InChI is InChI=1S/C48H41N3/c1-47(2,3)35-25-37-38-26-36(48(4,5)6)28-40-44-24-32(30-16-11-8-12-17-30)23-43(50-44)34-21-31(29-14-9-7-10-15-29)20-33(22-34)41-18-13-19-42(49-41)39(27-35)45(37)51-46(38)40/h7-28,51H,1-6H3. The van der Waals surface area contributed by atoms with Crippen LogP contribution in [0.5, 0.6) is 0 Å². The summed E-state index contributed by atoms with van der Waals surface area (Å²) in [7, 11) is 0. The third-order valence-corrected chi connectivity index (χ3v) is 10.4. The normalized spacial score (nSPS) is 12.5. The second-order valence-corrected chi connectivity index (χ2v) is 16.1. The topological polar surface area (TPSA) is 41.6 Å². The lowest BCUT2D eigenvalue weighted by molar-refractivity contribution is 0.590. The van der Waals surface area contributed by atoms with E-state index in [2.05, 4.69) is 180 Å². The molecular weight excluding hydrogens is 619 g/mol. The van der Waals surface area contributed by atoms with Gasteiger partial charge in [0, 0.05) is 33.0 Å². The van der Waals surface area contributed by atoms with Crippen LogP contribution in [-0.4, -0.2) is 15.0 Å². The van der Waals surface area contributed by atoms with Crippen molar-refractivity contribution in [2.24, 2.45) is 0 Å². The van der Waals surface area contributed by atoms with Gasteiger partial charge in [-0.15, -0.1) is 0 Å². The molecule has 4 heterocycles. The van der Waals surface area contributed by atoms with Crippen molar-refractivity contribution in [3.05, 3.63) is 145 Å². The van der Waals surface area contributed by atoms with Gasteiger partial charge < -0.3 is 4.98 Å². The van der Waals surface area contributed by atoms with Crippen molar-refractivity contribution in [1.82, 2.24) is 15.0 Å². The lowest BCUT2D eigenvalue weighted by Crippen LogP contribution is -2.11. The number of aromatic amines is 1. The Morgan fingerprint density at radius 2 is 0.824 bits per heavy atom.